The van der Waals surface area contributed by atoms with Crippen molar-refractivity contribution in [1.29, 1.82) is 0 Å². The van der Waals surface area contributed by atoms with Crippen LogP contribution in [0.2, 0.25) is 0 Å². The SMILES string of the molecule is O[C@@H]1CCC[C@H]1Oc1cc2sc(Br)nc2cc1F. The van der Waals surface area contributed by atoms with E-state index in [9.17, 15) is 9.50 Å². The molecule has 2 aromatic rings. The van der Waals surface area contributed by atoms with Gasteiger partial charge in [0, 0.05) is 12.1 Å². The summed E-state index contributed by atoms with van der Waals surface area (Å²) in [5.74, 6) is -0.232. The van der Waals surface area contributed by atoms with E-state index in [1.54, 1.807) is 6.07 Å². The van der Waals surface area contributed by atoms with E-state index in [0.717, 1.165) is 27.9 Å². The van der Waals surface area contributed by atoms with Crippen molar-refractivity contribution in [3.05, 3.63) is 21.9 Å². The van der Waals surface area contributed by atoms with E-state index in [-0.39, 0.29) is 11.9 Å². The van der Waals surface area contributed by atoms with Gasteiger partial charge in [0.05, 0.1) is 16.3 Å². The third-order valence-electron chi connectivity index (χ3n) is 3.11. The Hall–Kier alpha value is -0.720. The lowest BCUT2D eigenvalue weighted by molar-refractivity contribution is 0.0580. The Morgan fingerprint density at radius 3 is 3.00 bits per heavy atom. The van der Waals surface area contributed by atoms with Crippen LogP contribution in [0.5, 0.6) is 5.75 Å². The van der Waals surface area contributed by atoms with Crippen molar-refractivity contribution < 1.29 is 14.2 Å². The predicted octanol–water partition coefficient (Wildman–Crippen LogP) is 3.49. The van der Waals surface area contributed by atoms with E-state index in [1.807, 2.05) is 0 Å². The molecule has 1 fully saturated rings. The monoisotopic (exact) mass is 331 g/mol. The molecule has 0 saturated heterocycles. The maximum atomic E-state index is 13.9. The maximum Gasteiger partial charge on any atom is 0.167 e. The number of aliphatic hydroxyl groups excluding tert-OH is 1. The number of aromatic nitrogens is 1. The van der Waals surface area contributed by atoms with Gasteiger partial charge in [-0.2, -0.15) is 0 Å². The molecule has 0 unspecified atom stereocenters. The fraction of sp³-hybridized carbons (Fsp3) is 0.417. The van der Waals surface area contributed by atoms with Gasteiger partial charge >= 0.3 is 0 Å². The van der Waals surface area contributed by atoms with Crippen LogP contribution in [0.3, 0.4) is 0 Å². The lowest BCUT2D eigenvalue weighted by atomic mass is 10.2. The highest BCUT2D eigenvalue weighted by atomic mass is 79.9. The fourth-order valence-electron chi connectivity index (χ4n) is 2.20. The van der Waals surface area contributed by atoms with Crippen molar-refractivity contribution in [3.8, 4) is 5.75 Å². The minimum atomic E-state index is -0.492. The Morgan fingerprint density at radius 2 is 2.28 bits per heavy atom. The summed E-state index contributed by atoms with van der Waals surface area (Å²) in [4.78, 5) is 4.15. The first-order valence-electron chi connectivity index (χ1n) is 5.74. The highest BCUT2D eigenvalue weighted by Crippen LogP contribution is 2.33. The van der Waals surface area contributed by atoms with Gasteiger partial charge in [-0.1, -0.05) is 0 Å². The molecule has 0 aliphatic heterocycles. The molecule has 0 radical (unpaired) electrons. The molecule has 2 atom stereocenters. The van der Waals surface area contributed by atoms with Crippen LogP contribution in [0.25, 0.3) is 10.2 Å². The number of ether oxygens (including phenoxy) is 1. The average molecular weight is 332 g/mol. The Morgan fingerprint density at radius 1 is 1.44 bits per heavy atom. The van der Waals surface area contributed by atoms with Crippen LogP contribution in [0.1, 0.15) is 19.3 Å². The largest absolute Gasteiger partial charge is 0.485 e. The van der Waals surface area contributed by atoms with Gasteiger partial charge in [-0.05, 0) is 35.2 Å². The van der Waals surface area contributed by atoms with Crippen LogP contribution in [0.15, 0.2) is 16.0 Å². The highest BCUT2D eigenvalue weighted by Gasteiger charge is 2.28. The summed E-state index contributed by atoms with van der Waals surface area (Å²) < 4.78 is 21.0. The number of thiazole rings is 1. The molecule has 96 valence electrons. The summed E-state index contributed by atoms with van der Waals surface area (Å²) in [7, 11) is 0. The molecule has 1 heterocycles. The molecule has 1 aliphatic rings. The normalized spacial score (nSPS) is 23.7. The molecule has 6 heteroatoms. The molecule has 0 amide bonds. The number of halogens is 2. The second kappa shape index (κ2) is 4.75. The second-order valence-corrected chi connectivity index (χ2v) is 6.68. The van der Waals surface area contributed by atoms with E-state index >= 15 is 0 Å². The van der Waals surface area contributed by atoms with E-state index in [1.165, 1.54) is 17.4 Å². The predicted molar refractivity (Wildman–Crippen MR) is 71.6 cm³/mol. The first kappa shape index (κ1) is 12.3. The van der Waals surface area contributed by atoms with E-state index in [0.29, 0.717) is 5.52 Å². The standard InChI is InChI=1S/C12H11BrFNO2S/c13-12-15-7-4-6(14)10(5-11(7)18-12)17-9-3-1-2-8(9)16/h4-5,8-9,16H,1-3H2/t8-,9-/m1/s1. The van der Waals surface area contributed by atoms with Gasteiger partial charge in [-0.15, -0.1) is 11.3 Å². The minimum Gasteiger partial charge on any atom is -0.485 e. The Labute approximate surface area is 116 Å². The van der Waals surface area contributed by atoms with Crippen LogP contribution in [0.4, 0.5) is 4.39 Å². The Kier molecular flexibility index (Phi) is 3.25. The summed E-state index contributed by atoms with van der Waals surface area (Å²) in [5, 5.41) is 9.69. The number of fused-ring (bicyclic) bond motifs is 1. The van der Waals surface area contributed by atoms with E-state index in [4.69, 9.17) is 4.74 Å². The smallest absolute Gasteiger partial charge is 0.167 e. The molecule has 3 rings (SSSR count). The molecule has 1 N–H and O–H groups in total. The zero-order valence-corrected chi connectivity index (χ0v) is 11.8. The Balaban J connectivity index is 1.93. The third kappa shape index (κ3) is 2.24. The van der Waals surface area contributed by atoms with E-state index in [2.05, 4.69) is 20.9 Å². The van der Waals surface area contributed by atoms with Crippen LogP contribution in [-0.2, 0) is 0 Å². The van der Waals surface area contributed by atoms with Crippen molar-refractivity contribution in [2.24, 2.45) is 0 Å². The quantitative estimate of drug-likeness (QED) is 0.915. The molecule has 1 aliphatic carbocycles. The first-order valence-corrected chi connectivity index (χ1v) is 7.35. The van der Waals surface area contributed by atoms with Crippen LogP contribution in [0, 0.1) is 5.82 Å². The summed E-state index contributed by atoms with van der Waals surface area (Å²) in [6.07, 6.45) is 1.62. The second-order valence-electron chi connectivity index (χ2n) is 4.37. The van der Waals surface area contributed by atoms with Crippen molar-refractivity contribution in [2.45, 2.75) is 31.5 Å². The number of benzene rings is 1. The molecule has 3 nitrogen and oxygen atoms in total. The summed E-state index contributed by atoms with van der Waals surface area (Å²) >= 11 is 4.71. The molecular weight excluding hydrogens is 321 g/mol. The van der Waals surface area contributed by atoms with Gasteiger partial charge in [-0.25, -0.2) is 9.37 Å². The summed E-state index contributed by atoms with van der Waals surface area (Å²) in [5.41, 5.74) is 0.615. The van der Waals surface area contributed by atoms with E-state index < -0.39 is 11.9 Å². The van der Waals surface area contributed by atoms with Crippen molar-refractivity contribution in [3.63, 3.8) is 0 Å². The minimum absolute atomic E-state index is 0.199. The molecule has 0 spiro atoms. The van der Waals surface area contributed by atoms with Crippen LogP contribution in [-0.4, -0.2) is 22.3 Å². The lowest BCUT2D eigenvalue weighted by Crippen LogP contribution is -2.25. The Bertz CT molecular complexity index is 589. The average Bonchev–Trinajstić information content (AvgIpc) is 2.85. The number of rotatable bonds is 2. The molecule has 1 saturated carbocycles. The molecule has 1 aromatic heterocycles. The first-order chi connectivity index (χ1) is 8.63. The van der Waals surface area contributed by atoms with Crippen LogP contribution < -0.4 is 4.74 Å². The third-order valence-corrected chi connectivity index (χ3v) is 4.58. The zero-order chi connectivity index (χ0) is 12.7. The van der Waals surface area contributed by atoms with Gasteiger partial charge in [0.2, 0.25) is 0 Å². The van der Waals surface area contributed by atoms with Gasteiger partial charge < -0.3 is 9.84 Å². The van der Waals surface area contributed by atoms with Gasteiger partial charge in [-0.3, -0.25) is 0 Å². The van der Waals surface area contributed by atoms with Crippen molar-refractivity contribution >= 4 is 37.5 Å². The summed E-state index contributed by atoms with van der Waals surface area (Å²) in [6.45, 7) is 0. The molecule has 1 aromatic carbocycles. The molecular formula is C12H11BrFNO2S. The van der Waals surface area contributed by atoms with Crippen molar-refractivity contribution in [2.75, 3.05) is 0 Å². The number of aliphatic hydroxyl groups is 1. The molecule has 0 bridgehead atoms. The van der Waals surface area contributed by atoms with Gasteiger partial charge in [0.15, 0.2) is 15.5 Å². The maximum absolute atomic E-state index is 13.9. The van der Waals surface area contributed by atoms with Gasteiger partial charge in [0.1, 0.15) is 6.10 Å². The highest BCUT2D eigenvalue weighted by molar-refractivity contribution is 9.11. The van der Waals surface area contributed by atoms with Crippen molar-refractivity contribution in [1.82, 2.24) is 4.98 Å². The number of hydrogen-bond acceptors (Lipinski definition) is 4. The lowest BCUT2D eigenvalue weighted by Gasteiger charge is -2.17. The topological polar surface area (TPSA) is 42.4 Å². The fourth-order valence-corrected chi connectivity index (χ4v) is 3.61. The molecule has 18 heavy (non-hydrogen) atoms. The summed E-state index contributed by atoms with van der Waals surface area (Å²) in [6, 6.07) is 3.02. The number of hydrogen-bond donors (Lipinski definition) is 1. The number of nitrogens with zero attached hydrogens (tertiary/aromatic N) is 1. The van der Waals surface area contributed by atoms with Crippen LogP contribution >= 0.6 is 27.3 Å². The van der Waals surface area contributed by atoms with Gasteiger partial charge in [0.25, 0.3) is 0 Å². The zero-order valence-electron chi connectivity index (χ0n) is 9.40.